The molecule has 0 aliphatic carbocycles. The lowest BCUT2D eigenvalue weighted by Gasteiger charge is -2.09. The van der Waals surface area contributed by atoms with E-state index in [4.69, 9.17) is 23.2 Å². The zero-order valence-corrected chi connectivity index (χ0v) is 17.8. The Morgan fingerprint density at radius 3 is 2.24 bits per heavy atom. The van der Waals surface area contributed by atoms with Crippen molar-refractivity contribution in [2.24, 2.45) is 0 Å². The van der Waals surface area contributed by atoms with Crippen LogP contribution in [0, 0.1) is 0 Å². The van der Waals surface area contributed by atoms with E-state index in [0.717, 1.165) is 0 Å². The zero-order chi connectivity index (χ0) is 21.3. The topological polar surface area (TPSA) is 104 Å². The standard InChI is InChI=1S/C19H21Cl2N3O4S/c20-14-7-9-15(10-8-14)24-19(26)6-3-12-22-18(25)11-13-23-29(27,28)17-5-2-1-4-16(17)21/h1-2,4-5,7-10,23H,3,6,11-13H2,(H,22,25)(H,24,26). The Labute approximate surface area is 179 Å². The Bertz CT molecular complexity index is 950. The molecular formula is C19H21Cl2N3O4S. The first-order valence-corrected chi connectivity index (χ1v) is 11.1. The molecule has 10 heteroatoms. The molecule has 0 fully saturated rings. The molecule has 29 heavy (non-hydrogen) atoms. The number of nitrogens with one attached hydrogen (secondary N) is 3. The van der Waals surface area contributed by atoms with Crippen LogP contribution in [0.15, 0.2) is 53.4 Å². The van der Waals surface area contributed by atoms with Crippen molar-refractivity contribution in [2.45, 2.75) is 24.2 Å². The van der Waals surface area contributed by atoms with E-state index >= 15 is 0 Å². The van der Waals surface area contributed by atoms with Crippen molar-refractivity contribution < 1.29 is 18.0 Å². The number of benzene rings is 2. The van der Waals surface area contributed by atoms with Gasteiger partial charge in [0.15, 0.2) is 0 Å². The van der Waals surface area contributed by atoms with Crippen LogP contribution in [0.25, 0.3) is 0 Å². The predicted octanol–water partition coefficient (Wildman–Crippen LogP) is 3.20. The molecule has 3 N–H and O–H groups in total. The van der Waals surface area contributed by atoms with Crippen LogP contribution in [0.5, 0.6) is 0 Å². The molecule has 0 aliphatic heterocycles. The minimum absolute atomic E-state index is 0.0271. The Hall–Kier alpha value is -2.13. The third-order valence-corrected chi connectivity index (χ3v) is 6.01. The number of hydrogen-bond donors (Lipinski definition) is 3. The summed E-state index contributed by atoms with van der Waals surface area (Å²) in [6.45, 7) is 0.251. The van der Waals surface area contributed by atoms with Gasteiger partial charge in [0.2, 0.25) is 21.8 Å². The van der Waals surface area contributed by atoms with E-state index < -0.39 is 10.0 Å². The second kappa shape index (κ2) is 11.2. The molecule has 0 aromatic heterocycles. The van der Waals surface area contributed by atoms with Crippen LogP contribution in [0.2, 0.25) is 10.0 Å². The molecule has 0 heterocycles. The van der Waals surface area contributed by atoms with Gasteiger partial charge in [0.1, 0.15) is 4.90 Å². The maximum Gasteiger partial charge on any atom is 0.242 e. The Balaban J connectivity index is 1.63. The van der Waals surface area contributed by atoms with E-state index in [-0.39, 0.29) is 41.1 Å². The number of sulfonamides is 1. The predicted molar refractivity (Wildman–Crippen MR) is 114 cm³/mol. The summed E-state index contributed by atoms with van der Waals surface area (Å²) in [4.78, 5) is 23.6. The molecule has 2 amide bonds. The van der Waals surface area contributed by atoms with Gasteiger partial charge >= 0.3 is 0 Å². The molecule has 0 radical (unpaired) electrons. The average Bonchev–Trinajstić information content (AvgIpc) is 2.67. The summed E-state index contributed by atoms with van der Waals surface area (Å²) in [5.74, 6) is -0.487. The summed E-state index contributed by atoms with van der Waals surface area (Å²) in [5.41, 5.74) is 0.647. The van der Waals surface area contributed by atoms with Crippen molar-refractivity contribution in [3.05, 3.63) is 58.6 Å². The molecule has 0 bridgehead atoms. The quantitative estimate of drug-likeness (QED) is 0.476. The lowest BCUT2D eigenvalue weighted by atomic mass is 10.2. The van der Waals surface area contributed by atoms with Crippen molar-refractivity contribution in [3.8, 4) is 0 Å². The molecular weight excluding hydrogens is 437 g/mol. The van der Waals surface area contributed by atoms with Gasteiger partial charge in [-0.15, -0.1) is 0 Å². The van der Waals surface area contributed by atoms with Crippen LogP contribution in [0.4, 0.5) is 5.69 Å². The van der Waals surface area contributed by atoms with Crippen molar-refractivity contribution >= 4 is 50.7 Å². The molecule has 7 nitrogen and oxygen atoms in total. The van der Waals surface area contributed by atoms with Crippen molar-refractivity contribution in [2.75, 3.05) is 18.4 Å². The maximum atomic E-state index is 12.2. The summed E-state index contributed by atoms with van der Waals surface area (Å²) in [7, 11) is -3.78. The normalized spacial score (nSPS) is 11.1. The number of anilines is 1. The number of carbonyl (C=O) groups is 2. The molecule has 0 unspecified atom stereocenters. The third kappa shape index (κ3) is 8.02. The van der Waals surface area contributed by atoms with Crippen LogP contribution >= 0.6 is 23.2 Å². The highest BCUT2D eigenvalue weighted by Gasteiger charge is 2.17. The van der Waals surface area contributed by atoms with Gasteiger partial charge in [0.25, 0.3) is 0 Å². The van der Waals surface area contributed by atoms with E-state index in [9.17, 15) is 18.0 Å². The summed E-state index contributed by atoms with van der Waals surface area (Å²) in [5, 5.41) is 6.08. The fourth-order valence-corrected chi connectivity index (χ4v) is 4.04. The second-order valence-corrected chi connectivity index (χ2v) is 8.67. The monoisotopic (exact) mass is 457 g/mol. The first-order valence-electron chi connectivity index (χ1n) is 8.84. The van der Waals surface area contributed by atoms with Crippen LogP contribution in [0.3, 0.4) is 0 Å². The van der Waals surface area contributed by atoms with E-state index in [1.807, 2.05) is 0 Å². The number of halogens is 2. The average molecular weight is 458 g/mol. The fraction of sp³-hybridized carbons (Fsp3) is 0.263. The van der Waals surface area contributed by atoms with Gasteiger partial charge in [-0.1, -0.05) is 35.3 Å². The van der Waals surface area contributed by atoms with Crippen molar-refractivity contribution in [1.82, 2.24) is 10.0 Å². The molecule has 2 aromatic carbocycles. The zero-order valence-electron chi connectivity index (χ0n) is 15.5. The van der Waals surface area contributed by atoms with Crippen LogP contribution < -0.4 is 15.4 Å². The van der Waals surface area contributed by atoms with Gasteiger partial charge in [0.05, 0.1) is 5.02 Å². The minimum atomic E-state index is -3.78. The SMILES string of the molecule is O=C(CCNS(=O)(=O)c1ccccc1Cl)NCCCC(=O)Nc1ccc(Cl)cc1. The smallest absolute Gasteiger partial charge is 0.242 e. The highest BCUT2D eigenvalue weighted by molar-refractivity contribution is 7.89. The maximum absolute atomic E-state index is 12.2. The Morgan fingerprint density at radius 1 is 0.862 bits per heavy atom. The number of amides is 2. The van der Waals surface area contributed by atoms with Crippen LogP contribution in [0.1, 0.15) is 19.3 Å². The van der Waals surface area contributed by atoms with Gasteiger partial charge in [0, 0.05) is 36.6 Å². The van der Waals surface area contributed by atoms with Gasteiger partial charge < -0.3 is 10.6 Å². The van der Waals surface area contributed by atoms with E-state index in [1.54, 1.807) is 36.4 Å². The summed E-state index contributed by atoms with van der Waals surface area (Å²) >= 11 is 11.7. The third-order valence-electron chi connectivity index (χ3n) is 3.80. The molecule has 0 saturated carbocycles. The molecule has 0 atom stereocenters. The summed E-state index contributed by atoms with van der Waals surface area (Å²) in [6.07, 6.45) is 0.666. The summed E-state index contributed by atoms with van der Waals surface area (Å²) < 4.78 is 26.7. The molecule has 0 aliphatic rings. The first-order chi connectivity index (χ1) is 13.8. The van der Waals surface area contributed by atoms with E-state index in [2.05, 4.69) is 15.4 Å². The number of rotatable bonds is 10. The second-order valence-electron chi connectivity index (χ2n) is 6.09. The van der Waals surface area contributed by atoms with E-state index in [1.165, 1.54) is 12.1 Å². The Kier molecular flexibility index (Phi) is 8.91. The minimum Gasteiger partial charge on any atom is -0.356 e. The highest BCUT2D eigenvalue weighted by atomic mass is 35.5. The first kappa shape index (κ1) is 23.2. The lowest BCUT2D eigenvalue weighted by Crippen LogP contribution is -2.31. The largest absolute Gasteiger partial charge is 0.356 e. The van der Waals surface area contributed by atoms with E-state index in [0.29, 0.717) is 23.7 Å². The van der Waals surface area contributed by atoms with Crippen molar-refractivity contribution in [3.63, 3.8) is 0 Å². The molecule has 0 spiro atoms. The molecule has 2 aromatic rings. The number of carbonyl (C=O) groups excluding carboxylic acids is 2. The molecule has 0 saturated heterocycles. The van der Waals surface area contributed by atoms with Gasteiger partial charge in [-0.25, -0.2) is 13.1 Å². The van der Waals surface area contributed by atoms with Gasteiger partial charge in [-0.05, 0) is 42.8 Å². The highest BCUT2D eigenvalue weighted by Crippen LogP contribution is 2.20. The Morgan fingerprint density at radius 2 is 1.55 bits per heavy atom. The summed E-state index contributed by atoms with van der Waals surface area (Å²) in [6, 6.07) is 12.8. The van der Waals surface area contributed by atoms with Gasteiger partial charge in [-0.2, -0.15) is 0 Å². The lowest BCUT2D eigenvalue weighted by molar-refractivity contribution is -0.121. The fourth-order valence-electron chi connectivity index (χ4n) is 2.36. The van der Waals surface area contributed by atoms with Crippen LogP contribution in [-0.4, -0.2) is 33.3 Å². The van der Waals surface area contributed by atoms with Gasteiger partial charge in [-0.3, -0.25) is 9.59 Å². The molecule has 2 rings (SSSR count). The van der Waals surface area contributed by atoms with Crippen LogP contribution in [-0.2, 0) is 19.6 Å². The number of hydrogen-bond acceptors (Lipinski definition) is 4. The van der Waals surface area contributed by atoms with Crippen molar-refractivity contribution in [1.29, 1.82) is 0 Å². The molecule has 156 valence electrons.